The molecule has 90 valence electrons. The Balaban J connectivity index is 2.80. The van der Waals surface area contributed by atoms with E-state index in [-0.39, 0.29) is 0 Å². The standard InChI is InChI=1S/C15H24O/c1-11(2)14-8-5-12(3)6-10-15(16)13(4)7-9-14/h5,14,16H,1,6-10H2,2-4H3/b12-5-,15-13+/t14-/m0/s1. The minimum absolute atomic E-state index is 0.566. The first kappa shape index (κ1) is 13.1. The van der Waals surface area contributed by atoms with Gasteiger partial charge in [-0.15, -0.1) is 0 Å². The predicted octanol–water partition coefficient (Wildman–Crippen LogP) is 4.92. The summed E-state index contributed by atoms with van der Waals surface area (Å²) in [6.07, 6.45) is 7.30. The normalized spacial score (nSPS) is 31.7. The van der Waals surface area contributed by atoms with Gasteiger partial charge >= 0.3 is 0 Å². The fraction of sp³-hybridized carbons (Fsp3) is 0.600. The van der Waals surface area contributed by atoms with Gasteiger partial charge < -0.3 is 5.11 Å². The molecule has 0 bridgehead atoms. The van der Waals surface area contributed by atoms with Crippen LogP contribution in [0.15, 0.2) is 35.1 Å². The summed E-state index contributed by atoms with van der Waals surface area (Å²) in [4.78, 5) is 0. The van der Waals surface area contributed by atoms with E-state index in [1.54, 1.807) is 0 Å². The van der Waals surface area contributed by atoms with E-state index in [1.165, 1.54) is 11.1 Å². The first-order valence-electron chi connectivity index (χ1n) is 6.19. The summed E-state index contributed by atoms with van der Waals surface area (Å²) < 4.78 is 0. The fourth-order valence-electron chi connectivity index (χ4n) is 2.07. The highest BCUT2D eigenvalue weighted by Gasteiger charge is 2.12. The molecule has 0 amide bonds. The highest BCUT2D eigenvalue weighted by atomic mass is 16.3. The summed E-state index contributed by atoms with van der Waals surface area (Å²) in [5.74, 6) is 1.16. The van der Waals surface area contributed by atoms with Gasteiger partial charge in [-0.3, -0.25) is 0 Å². The molecule has 0 aliphatic heterocycles. The van der Waals surface area contributed by atoms with E-state index in [1.807, 2.05) is 6.92 Å². The minimum Gasteiger partial charge on any atom is -0.512 e. The molecular formula is C15H24O. The SMILES string of the molecule is C=C(C)[C@H]1C/C=C(/C)CC/C(O)=C(/C)CC1. The third-order valence-electron chi connectivity index (χ3n) is 3.56. The smallest absolute Gasteiger partial charge is 0.0914 e. The zero-order valence-corrected chi connectivity index (χ0v) is 10.8. The van der Waals surface area contributed by atoms with Gasteiger partial charge in [0.05, 0.1) is 5.76 Å². The second kappa shape index (κ2) is 5.93. The molecule has 1 aliphatic rings. The van der Waals surface area contributed by atoms with Crippen LogP contribution >= 0.6 is 0 Å². The number of allylic oxidation sites excluding steroid dienone is 5. The van der Waals surface area contributed by atoms with Crippen LogP contribution in [0, 0.1) is 5.92 Å². The zero-order chi connectivity index (χ0) is 12.1. The molecule has 0 saturated heterocycles. The Morgan fingerprint density at radius 1 is 1.31 bits per heavy atom. The highest BCUT2D eigenvalue weighted by Crippen LogP contribution is 2.27. The number of aliphatic hydroxyl groups is 1. The van der Waals surface area contributed by atoms with Gasteiger partial charge in [-0.1, -0.05) is 23.8 Å². The van der Waals surface area contributed by atoms with Crippen molar-refractivity contribution >= 4 is 0 Å². The summed E-state index contributed by atoms with van der Waals surface area (Å²) in [5.41, 5.74) is 3.80. The molecule has 0 unspecified atom stereocenters. The van der Waals surface area contributed by atoms with Gasteiger partial charge in [-0.25, -0.2) is 0 Å². The van der Waals surface area contributed by atoms with E-state index >= 15 is 0 Å². The van der Waals surface area contributed by atoms with Crippen LogP contribution in [0.25, 0.3) is 0 Å². The number of hydrogen-bond acceptors (Lipinski definition) is 1. The van der Waals surface area contributed by atoms with E-state index in [2.05, 4.69) is 26.5 Å². The summed E-state index contributed by atoms with van der Waals surface area (Å²) in [5, 5.41) is 9.87. The van der Waals surface area contributed by atoms with Crippen molar-refractivity contribution in [1.29, 1.82) is 0 Å². The molecular weight excluding hydrogens is 196 g/mol. The quantitative estimate of drug-likeness (QED) is 0.622. The van der Waals surface area contributed by atoms with Crippen molar-refractivity contribution < 1.29 is 5.11 Å². The zero-order valence-electron chi connectivity index (χ0n) is 10.8. The molecule has 0 aromatic carbocycles. The molecule has 1 nitrogen and oxygen atoms in total. The molecule has 0 heterocycles. The van der Waals surface area contributed by atoms with Crippen molar-refractivity contribution in [2.45, 2.75) is 52.9 Å². The van der Waals surface area contributed by atoms with Crippen molar-refractivity contribution in [2.75, 3.05) is 0 Å². The highest BCUT2D eigenvalue weighted by molar-refractivity contribution is 5.12. The molecule has 0 aromatic heterocycles. The Hall–Kier alpha value is -0.980. The van der Waals surface area contributed by atoms with Crippen molar-refractivity contribution in [2.24, 2.45) is 5.92 Å². The van der Waals surface area contributed by atoms with Crippen LogP contribution in [0.2, 0.25) is 0 Å². The van der Waals surface area contributed by atoms with Crippen molar-refractivity contribution in [3.8, 4) is 0 Å². The van der Waals surface area contributed by atoms with Crippen LogP contribution in [0.5, 0.6) is 0 Å². The van der Waals surface area contributed by atoms with Gasteiger partial charge in [0.15, 0.2) is 0 Å². The molecule has 1 heteroatoms. The predicted molar refractivity (Wildman–Crippen MR) is 70.5 cm³/mol. The topological polar surface area (TPSA) is 20.2 Å². The Morgan fingerprint density at radius 2 is 2.00 bits per heavy atom. The monoisotopic (exact) mass is 220 g/mol. The summed E-state index contributed by atoms with van der Waals surface area (Å²) in [7, 11) is 0. The second-order valence-corrected chi connectivity index (χ2v) is 5.10. The summed E-state index contributed by atoms with van der Waals surface area (Å²) in [6.45, 7) is 10.4. The Labute approximate surface area is 99.6 Å². The molecule has 16 heavy (non-hydrogen) atoms. The lowest BCUT2D eigenvalue weighted by atomic mass is 9.88. The van der Waals surface area contributed by atoms with Gasteiger partial charge in [0, 0.05) is 6.42 Å². The Bertz CT molecular complexity index is 320. The van der Waals surface area contributed by atoms with Crippen LogP contribution in [0.3, 0.4) is 0 Å². The van der Waals surface area contributed by atoms with Crippen molar-refractivity contribution in [1.82, 2.24) is 0 Å². The van der Waals surface area contributed by atoms with Crippen molar-refractivity contribution in [3.63, 3.8) is 0 Å². The van der Waals surface area contributed by atoms with Crippen LogP contribution in [0.4, 0.5) is 0 Å². The first-order valence-corrected chi connectivity index (χ1v) is 6.19. The van der Waals surface area contributed by atoms with Crippen LogP contribution in [-0.4, -0.2) is 5.11 Å². The molecule has 0 spiro atoms. The summed E-state index contributed by atoms with van der Waals surface area (Å²) in [6, 6.07) is 0. The number of hydrogen-bond donors (Lipinski definition) is 1. The molecule has 0 saturated carbocycles. The Kier molecular flexibility index (Phi) is 4.85. The molecule has 0 fully saturated rings. The van der Waals surface area contributed by atoms with Crippen LogP contribution < -0.4 is 0 Å². The maximum atomic E-state index is 9.87. The molecule has 0 radical (unpaired) electrons. The number of rotatable bonds is 1. The van der Waals surface area contributed by atoms with E-state index in [0.29, 0.717) is 11.7 Å². The lowest BCUT2D eigenvalue weighted by Crippen LogP contribution is -2.03. The van der Waals surface area contributed by atoms with Gasteiger partial charge in [0.25, 0.3) is 0 Å². The second-order valence-electron chi connectivity index (χ2n) is 5.10. The Morgan fingerprint density at radius 3 is 2.62 bits per heavy atom. The maximum absolute atomic E-state index is 9.87. The summed E-state index contributed by atoms with van der Waals surface area (Å²) >= 11 is 0. The van der Waals surface area contributed by atoms with Crippen LogP contribution in [0.1, 0.15) is 52.9 Å². The van der Waals surface area contributed by atoms with E-state index in [9.17, 15) is 5.11 Å². The molecule has 1 N–H and O–H groups in total. The maximum Gasteiger partial charge on any atom is 0.0914 e. The molecule has 0 aromatic rings. The lowest BCUT2D eigenvalue weighted by Gasteiger charge is -2.18. The van der Waals surface area contributed by atoms with Gasteiger partial charge in [0.2, 0.25) is 0 Å². The fourth-order valence-corrected chi connectivity index (χ4v) is 2.07. The average Bonchev–Trinajstić information content (AvgIpc) is 2.23. The first-order chi connectivity index (χ1) is 7.50. The molecule has 1 rings (SSSR count). The average molecular weight is 220 g/mol. The van der Waals surface area contributed by atoms with Gasteiger partial charge in [-0.05, 0) is 57.9 Å². The lowest BCUT2D eigenvalue weighted by molar-refractivity contribution is 0.374. The van der Waals surface area contributed by atoms with Crippen molar-refractivity contribution in [3.05, 3.63) is 35.1 Å². The number of aliphatic hydroxyl groups excluding tert-OH is 1. The van der Waals surface area contributed by atoms with E-state index in [4.69, 9.17) is 0 Å². The van der Waals surface area contributed by atoms with E-state index < -0.39 is 0 Å². The minimum atomic E-state index is 0.566. The van der Waals surface area contributed by atoms with Crippen LogP contribution in [-0.2, 0) is 0 Å². The molecule has 1 aliphatic carbocycles. The van der Waals surface area contributed by atoms with Gasteiger partial charge in [-0.2, -0.15) is 0 Å². The third kappa shape index (κ3) is 3.88. The molecule has 1 atom stereocenters. The third-order valence-corrected chi connectivity index (χ3v) is 3.56. The largest absolute Gasteiger partial charge is 0.512 e. The van der Waals surface area contributed by atoms with Gasteiger partial charge in [0.1, 0.15) is 0 Å². The van der Waals surface area contributed by atoms with E-state index in [0.717, 1.165) is 37.7 Å².